The van der Waals surface area contributed by atoms with Gasteiger partial charge in [0.25, 0.3) is 0 Å². The van der Waals surface area contributed by atoms with Gasteiger partial charge < -0.3 is 4.90 Å². The predicted octanol–water partition coefficient (Wildman–Crippen LogP) is 3.00. The lowest BCUT2D eigenvalue weighted by atomic mass is 10.4. The second-order valence-corrected chi connectivity index (χ2v) is 5.90. The third kappa shape index (κ3) is 2.85. The SMILES string of the molecule is CN(C)CCSc1nc(Cl)c2ccsc2n1. The number of rotatable bonds is 4. The molecule has 86 valence electrons. The van der Waals surface area contributed by atoms with E-state index in [4.69, 9.17) is 11.6 Å². The molecule has 0 atom stereocenters. The topological polar surface area (TPSA) is 29.0 Å². The normalized spacial score (nSPS) is 11.5. The molecule has 0 fully saturated rings. The van der Waals surface area contributed by atoms with Crippen LogP contribution in [0.2, 0.25) is 5.15 Å². The maximum atomic E-state index is 6.08. The summed E-state index contributed by atoms with van der Waals surface area (Å²) in [6, 6.07) is 1.95. The van der Waals surface area contributed by atoms with Gasteiger partial charge in [-0.25, -0.2) is 9.97 Å². The Kier molecular flexibility index (Phi) is 4.02. The molecule has 3 nitrogen and oxygen atoms in total. The largest absolute Gasteiger partial charge is 0.309 e. The molecule has 2 aromatic rings. The summed E-state index contributed by atoms with van der Waals surface area (Å²) in [5, 5.41) is 4.25. The van der Waals surface area contributed by atoms with Crippen molar-refractivity contribution in [3.8, 4) is 0 Å². The molecular weight excluding hydrogens is 262 g/mol. The van der Waals surface area contributed by atoms with Crippen molar-refractivity contribution < 1.29 is 0 Å². The highest BCUT2D eigenvalue weighted by Crippen LogP contribution is 2.27. The molecule has 6 heteroatoms. The van der Waals surface area contributed by atoms with E-state index < -0.39 is 0 Å². The van der Waals surface area contributed by atoms with Crippen molar-refractivity contribution in [2.24, 2.45) is 0 Å². The van der Waals surface area contributed by atoms with E-state index in [0.29, 0.717) is 5.15 Å². The van der Waals surface area contributed by atoms with E-state index in [0.717, 1.165) is 27.7 Å². The third-order valence-electron chi connectivity index (χ3n) is 2.03. The van der Waals surface area contributed by atoms with Gasteiger partial charge in [0.2, 0.25) is 0 Å². The van der Waals surface area contributed by atoms with Gasteiger partial charge in [0, 0.05) is 17.7 Å². The van der Waals surface area contributed by atoms with E-state index in [-0.39, 0.29) is 0 Å². The molecule has 2 aromatic heterocycles. The summed E-state index contributed by atoms with van der Waals surface area (Å²) >= 11 is 9.31. The van der Waals surface area contributed by atoms with Gasteiger partial charge in [-0.2, -0.15) is 0 Å². The standard InChI is InChI=1S/C10H12ClN3S2/c1-14(2)4-6-16-10-12-8(11)7-3-5-15-9(7)13-10/h3,5H,4,6H2,1-2H3. The Morgan fingerprint density at radius 3 is 3.00 bits per heavy atom. The number of fused-ring (bicyclic) bond motifs is 1. The van der Waals surface area contributed by atoms with E-state index in [1.54, 1.807) is 23.1 Å². The van der Waals surface area contributed by atoms with Gasteiger partial charge in [0.15, 0.2) is 5.16 Å². The zero-order valence-corrected chi connectivity index (χ0v) is 11.5. The van der Waals surface area contributed by atoms with Gasteiger partial charge in [-0.15, -0.1) is 11.3 Å². The molecule has 2 rings (SSSR count). The van der Waals surface area contributed by atoms with Crippen LogP contribution in [0.15, 0.2) is 16.6 Å². The van der Waals surface area contributed by atoms with Crippen molar-refractivity contribution in [3.63, 3.8) is 0 Å². The smallest absolute Gasteiger partial charge is 0.190 e. The van der Waals surface area contributed by atoms with Gasteiger partial charge in [-0.05, 0) is 25.5 Å². The summed E-state index contributed by atoms with van der Waals surface area (Å²) in [4.78, 5) is 11.8. The zero-order valence-electron chi connectivity index (χ0n) is 9.11. The molecule has 0 aromatic carbocycles. The molecule has 0 aliphatic rings. The number of halogens is 1. The quantitative estimate of drug-likeness (QED) is 0.487. The summed E-state index contributed by atoms with van der Waals surface area (Å²) in [5.41, 5.74) is 0. The van der Waals surface area contributed by atoms with Crippen LogP contribution in [0.3, 0.4) is 0 Å². The van der Waals surface area contributed by atoms with E-state index in [2.05, 4.69) is 29.0 Å². The van der Waals surface area contributed by atoms with Crippen molar-refractivity contribution in [2.75, 3.05) is 26.4 Å². The fourth-order valence-electron chi connectivity index (χ4n) is 1.18. The number of thioether (sulfide) groups is 1. The lowest BCUT2D eigenvalue weighted by molar-refractivity contribution is 0.437. The van der Waals surface area contributed by atoms with Crippen LogP contribution < -0.4 is 0 Å². The molecule has 0 saturated heterocycles. The first kappa shape index (κ1) is 12.1. The highest BCUT2D eigenvalue weighted by molar-refractivity contribution is 7.99. The van der Waals surface area contributed by atoms with E-state index >= 15 is 0 Å². The Morgan fingerprint density at radius 2 is 2.25 bits per heavy atom. The van der Waals surface area contributed by atoms with Gasteiger partial charge >= 0.3 is 0 Å². The number of thiophene rings is 1. The average molecular weight is 274 g/mol. The van der Waals surface area contributed by atoms with Crippen LogP contribution in [0.5, 0.6) is 0 Å². The second kappa shape index (κ2) is 5.31. The molecule has 16 heavy (non-hydrogen) atoms. The first-order valence-electron chi connectivity index (χ1n) is 4.85. The third-order valence-corrected chi connectivity index (χ3v) is 3.95. The summed E-state index contributed by atoms with van der Waals surface area (Å²) in [7, 11) is 4.10. The highest BCUT2D eigenvalue weighted by atomic mass is 35.5. The van der Waals surface area contributed by atoms with Crippen molar-refractivity contribution in [2.45, 2.75) is 5.16 Å². The van der Waals surface area contributed by atoms with Crippen LogP contribution in [0.1, 0.15) is 0 Å². The minimum atomic E-state index is 0.554. The Bertz CT molecular complexity index is 484. The molecule has 0 unspecified atom stereocenters. The van der Waals surface area contributed by atoms with Crippen molar-refractivity contribution >= 4 is 44.9 Å². The molecule has 0 radical (unpaired) electrons. The van der Waals surface area contributed by atoms with Crippen molar-refractivity contribution in [3.05, 3.63) is 16.6 Å². The molecule has 0 amide bonds. The van der Waals surface area contributed by atoms with Crippen LogP contribution >= 0.6 is 34.7 Å². The first-order chi connectivity index (χ1) is 7.66. The van der Waals surface area contributed by atoms with Crippen LogP contribution in [0.25, 0.3) is 10.2 Å². The summed E-state index contributed by atoms with van der Waals surface area (Å²) in [5.74, 6) is 0.972. The van der Waals surface area contributed by atoms with Crippen molar-refractivity contribution in [1.29, 1.82) is 0 Å². The molecule has 2 heterocycles. The number of hydrogen-bond acceptors (Lipinski definition) is 5. The summed E-state index contributed by atoms with van der Waals surface area (Å²) in [6.45, 7) is 1.01. The lowest BCUT2D eigenvalue weighted by Crippen LogP contribution is -2.14. The molecule has 0 spiro atoms. The Hall–Kier alpha value is -0.360. The van der Waals surface area contributed by atoms with E-state index in [1.807, 2.05) is 11.4 Å². The molecule has 0 aliphatic carbocycles. The minimum absolute atomic E-state index is 0.554. The van der Waals surface area contributed by atoms with Gasteiger partial charge in [0.1, 0.15) is 9.98 Å². The fraction of sp³-hybridized carbons (Fsp3) is 0.400. The van der Waals surface area contributed by atoms with E-state index in [9.17, 15) is 0 Å². The Morgan fingerprint density at radius 1 is 1.44 bits per heavy atom. The summed E-state index contributed by atoms with van der Waals surface area (Å²) < 4.78 is 0. The Balaban J connectivity index is 2.12. The highest BCUT2D eigenvalue weighted by Gasteiger charge is 2.07. The fourth-order valence-corrected chi connectivity index (χ4v) is 3.30. The van der Waals surface area contributed by atoms with Crippen molar-refractivity contribution in [1.82, 2.24) is 14.9 Å². The average Bonchev–Trinajstić information content (AvgIpc) is 2.65. The molecule has 0 saturated carbocycles. The van der Waals surface area contributed by atoms with Crippen LogP contribution in [-0.4, -0.2) is 41.3 Å². The second-order valence-electron chi connectivity index (χ2n) is 3.59. The van der Waals surface area contributed by atoms with Gasteiger partial charge in [-0.1, -0.05) is 23.4 Å². The number of nitrogens with zero attached hydrogens (tertiary/aromatic N) is 3. The molecule has 0 aliphatic heterocycles. The molecule has 0 bridgehead atoms. The number of aromatic nitrogens is 2. The lowest BCUT2D eigenvalue weighted by Gasteiger charge is -2.07. The van der Waals surface area contributed by atoms with Crippen LogP contribution in [0.4, 0.5) is 0 Å². The monoisotopic (exact) mass is 273 g/mol. The number of hydrogen-bond donors (Lipinski definition) is 0. The molecular formula is C10H12ClN3S2. The summed E-state index contributed by atoms with van der Waals surface area (Å²) in [6.07, 6.45) is 0. The maximum absolute atomic E-state index is 6.08. The van der Waals surface area contributed by atoms with Gasteiger partial charge in [-0.3, -0.25) is 0 Å². The Labute approximate surface area is 108 Å². The minimum Gasteiger partial charge on any atom is -0.309 e. The zero-order chi connectivity index (χ0) is 11.5. The maximum Gasteiger partial charge on any atom is 0.190 e. The van der Waals surface area contributed by atoms with Crippen LogP contribution in [0, 0.1) is 0 Å². The predicted molar refractivity (Wildman–Crippen MR) is 71.7 cm³/mol. The van der Waals surface area contributed by atoms with Crippen LogP contribution in [-0.2, 0) is 0 Å². The van der Waals surface area contributed by atoms with E-state index in [1.165, 1.54) is 0 Å². The first-order valence-corrected chi connectivity index (χ1v) is 7.09. The van der Waals surface area contributed by atoms with Gasteiger partial charge in [0.05, 0.1) is 0 Å². The molecule has 0 N–H and O–H groups in total.